The van der Waals surface area contributed by atoms with Crippen LogP contribution in [0.25, 0.3) is 0 Å². The zero-order valence-corrected chi connectivity index (χ0v) is 9.81. The molecule has 0 unspecified atom stereocenters. The lowest BCUT2D eigenvalue weighted by atomic mass is 10.5. The average molecular weight is 257 g/mol. The van der Waals surface area contributed by atoms with E-state index in [2.05, 4.69) is 14.9 Å². The fraction of sp³-hybridized carbons (Fsp3) is 0.250. The Morgan fingerprint density at radius 3 is 2.88 bits per heavy atom. The Labute approximate surface area is 97.5 Å². The first-order valence-electron chi connectivity index (χ1n) is 4.67. The molecule has 0 aliphatic rings. The van der Waals surface area contributed by atoms with Crippen molar-refractivity contribution < 1.29 is 12.9 Å². The van der Waals surface area contributed by atoms with Crippen LogP contribution in [-0.4, -0.2) is 23.1 Å². The van der Waals surface area contributed by atoms with E-state index in [9.17, 15) is 8.42 Å². The van der Waals surface area contributed by atoms with Crippen LogP contribution in [0.1, 0.15) is 5.76 Å². The summed E-state index contributed by atoms with van der Waals surface area (Å²) in [6.07, 6.45) is 2.76. The molecule has 92 valence electrons. The van der Waals surface area contributed by atoms with Gasteiger partial charge in [-0.05, 0) is 0 Å². The summed E-state index contributed by atoms with van der Waals surface area (Å²) in [4.78, 5) is 3.71. The number of rotatable bonds is 4. The van der Waals surface area contributed by atoms with Crippen molar-refractivity contribution in [2.45, 2.75) is 11.6 Å². The molecule has 0 aliphatic heterocycles. The zero-order chi connectivity index (χ0) is 12.5. The first-order valence-corrected chi connectivity index (χ1v) is 6.15. The molecule has 17 heavy (non-hydrogen) atoms. The van der Waals surface area contributed by atoms with Crippen LogP contribution in [0.4, 0.5) is 5.82 Å². The van der Waals surface area contributed by atoms with Gasteiger partial charge in [-0.1, -0.05) is 5.16 Å². The van der Waals surface area contributed by atoms with Gasteiger partial charge in [0.1, 0.15) is 0 Å². The molecular formula is C8H11N5O3S. The first kappa shape index (κ1) is 11.6. The predicted molar refractivity (Wildman–Crippen MR) is 58.1 cm³/mol. The van der Waals surface area contributed by atoms with E-state index in [4.69, 9.17) is 10.3 Å². The molecule has 0 amide bonds. The summed E-state index contributed by atoms with van der Waals surface area (Å²) in [7, 11) is -2.17. The molecule has 2 aromatic rings. The van der Waals surface area contributed by atoms with E-state index in [1.165, 1.54) is 17.1 Å². The van der Waals surface area contributed by atoms with Crippen LogP contribution in [0.15, 0.2) is 28.1 Å². The first-order chi connectivity index (χ1) is 8.00. The molecule has 0 atom stereocenters. The van der Waals surface area contributed by atoms with Crippen LogP contribution >= 0.6 is 0 Å². The third-order valence-corrected chi connectivity index (χ3v) is 3.62. The van der Waals surface area contributed by atoms with Crippen molar-refractivity contribution >= 4 is 15.8 Å². The number of aromatic nitrogens is 3. The van der Waals surface area contributed by atoms with E-state index in [1.807, 2.05) is 0 Å². The van der Waals surface area contributed by atoms with Crippen molar-refractivity contribution in [1.29, 1.82) is 0 Å². The van der Waals surface area contributed by atoms with Gasteiger partial charge in [0.05, 0.1) is 19.1 Å². The topological polar surface area (TPSA) is 116 Å². The van der Waals surface area contributed by atoms with Gasteiger partial charge in [-0.3, -0.25) is 0 Å². The van der Waals surface area contributed by atoms with E-state index < -0.39 is 10.0 Å². The van der Waals surface area contributed by atoms with E-state index in [0.29, 0.717) is 5.76 Å². The van der Waals surface area contributed by atoms with Crippen LogP contribution in [0.3, 0.4) is 0 Å². The minimum Gasteiger partial charge on any atom is -0.381 e. The summed E-state index contributed by atoms with van der Waals surface area (Å²) < 4.78 is 32.3. The van der Waals surface area contributed by atoms with Crippen LogP contribution in [0, 0.1) is 0 Å². The van der Waals surface area contributed by atoms with E-state index >= 15 is 0 Å². The lowest BCUT2D eigenvalue weighted by Crippen LogP contribution is -2.25. The average Bonchev–Trinajstić information content (AvgIpc) is 2.86. The highest BCUT2D eigenvalue weighted by Crippen LogP contribution is 2.15. The zero-order valence-electron chi connectivity index (χ0n) is 8.99. The number of imidazole rings is 1. The third-order valence-electron chi connectivity index (χ3n) is 2.09. The molecule has 0 saturated carbocycles. The van der Waals surface area contributed by atoms with Gasteiger partial charge in [0.15, 0.2) is 16.6 Å². The second kappa shape index (κ2) is 4.18. The number of nitrogens with one attached hydrogen (secondary N) is 1. The third kappa shape index (κ3) is 2.29. The number of sulfonamides is 1. The van der Waals surface area contributed by atoms with Gasteiger partial charge < -0.3 is 14.8 Å². The molecule has 2 rings (SSSR count). The number of anilines is 1. The molecule has 0 aliphatic carbocycles. The van der Waals surface area contributed by atoms with Crippen molar-refractivity contribution in [2.75, 3.05) is 5.73 Å². The van der Waals surface area contributed by atoms with Crippen LogP contribution in [0.5, 0.6) is 0 Å². The normalized spacial score (nSPS) is 11.8. The fourth-order valence-electron chi connectivity index (χ4n) is 1.33. The fourth-order valence-corrected chi connectivity index (χ4v) is 2.56. The van der Waals surface area contributed by atoms with Gasteiger partial charge in [-0.25, -0.2) is 18.1 Å². The minimum atomic E-state index is -3.72. The summed E-state index contributed by atoms with van der Waals surface area (Å²) in [5.74, 6) is 0.367. The Hall–Kier alpha value is -1.87. The van der Waals surface area contributed by atoms with Crippen molar-refractivity contribution in [2.24, 2.45) is 7.05 Å². The summed E-state index contributed by atoms with van der Waals surface area (Å²) in [6.45, 7) is 0.00690. The van der Waals surface area contributed by atoms with Crippen molar-refractivity contribution in [3.05, 3.63) is 24.4 Å². The number of nitrogens with zero attached hydrogens (tertiary/aromatic N) is 3. The Bertz CT molecular complexity index is 582. The monoisotopic (exact) mass is 257 g/mol. The maximum absolute atomic E-state index is 11.9. The second-order valence-electron chi connectivity index (χ2n) is 3.35. The molecule has 3 N–H and O–H groups in total. The number of hydrogen-bond donors (Lipinski definition) is 2. The van der Waals surface area contributed by atoms with Gasteiger partial charge >= 0.3 is 0 Å². The molecule has 0 aromatic carbocycles. The highest BCUT2D eigenvalue weighted by Gasteiger charge is 2.22. The van der Waals surface area contributed by atoms with E-state index in [1.54, 1.807) is 13.1 Å². The van der Waals surface area contributed by atoms with Gasteiger partial charge in [0, 0.05) is 13.1 Å². The van der Waals surface area contributed by atoms with Crippen LogP contribution in [-0.2, 0) is 23.6 Å². The summed E-state index contributed by atoms with van der Waals surface area (Å²) in [5, 5.41) is 3.40. The largest absolute Gasteiger partial charge is 0.381 e. The van der Waals surface area contributed by atoms with Crippen molar-refractivity contribution in [1.82, 2.24) is 19.4 Å². The van der Waals surface area contributed by atoms with Crippen LogP contribution < -0.4 is 10.5 Å². The molecule has 2 heterocycles. The highest BCUT2D eigenvalue weighted by molar-refractivity contribution is 7.89. The molecule has 0 radical (unpaired) electrons. The minimum absolute atomic E-state index is 0.00690. The maximum Gasteiger partial charge on any atom is 0.260 e. The Morgan fingerprint density at radius 1 is 1.59 bits per heavy atom. The van der Waals surface area contributed by atoms with Gasteiger partial charge in [0.25, 0.3) is 10.0 Å². The Balaban J connectivity index is 2.20. The standard InChI is InChI=1S/C8H11N5O3S/c1-13-5-10-7(9)8(13)17(14,15)12-4-6-2-3-11-16-6/h2-3,5,12H,4,9H2,1H3. The van der Waals surface area contributed by atoms with E-state index in [-0.39, 0.29) is 17.4 Å². The SMILES string of the molecule is Cn1cnc(N)c1S(=O)(=O)NCc1ccno1. The summed E-state index contributed by atoms with van der Waals surface area (Å²) >= 11 is 0. The highest BCUT2D eigenvalue weighted by atomic mass is 32.2. The predicted octanol–water partition coefficient (Wildman–Crippen LogP) is -0.531. The molecule has 9 heteroatoms. The number of nitrogens with two attached hydrogens (primary N) is 1. The summed E-state index contributed by atoms with van der Waals surface area (Å²) in [6, 6.07) is 1.56. The lowest BCUT2D eigenvalue weighted by Gasteiger charge is -2.05. The smallest absolute Gasteiger partial charge is 0.260 e. The second-order valence-corrected chi connectivity index (χ2v) is 5.03. The molecule has 0 saturated heterocycles. The summed E-state index contributed by atoms with van der Waals surface area (Å²) in [5.41, 5.74) is 5.49. The van der Waals surface area contributed by atoms with E-state index in [0.717, 1.165) is 0 Å². The molecule has 0 fully saturated rings. The Kier molecular flexibility index (Phi) is 2.86. The van der Waals surface area contributed by atoms with Gasteiger partial charge in [-0.15, -0.1) is 0 Å². The van der Waals surface area contributed by atoms with Crippen LogP contribution in [0.2, 0.25) is 0 Å². The molecular weight excluding hydrogens is 246 g/mol. The van der Waals surface area contributed by atoms with Gasteiger partial charge in [-0.2, -0.15) is 0 Å². The number of nitrogen functional groups attached to an aromatic ring is 1. The molecule has 0 bridgehead atoms. The van der Waals surface area contributed by atoms with Crippen molar-refractivity contribution in [3.8, 4) is 0 Å². The quantitative estimate of drug-likeness (QED) is 0.760. The molecule has 8 nitrogen and oxygen atoms in total. The number of hydrogen-bond acceptors (Lipinski definition) is 6. The molecule has 2 aromatic heterocycles. The van der Waals surface area contributed by atoms with Gasteiger partial charge in [0.2, 0.25) is 0 Å². The lowest BCUT2D eigenvalue weighted by molar-refractivity contribution is 0.380. The Morgan fingerprint density at radius 2 is 2.35 bits per heavy atom. The molecule has 0 spiro atoms. The maximum atomic E-state index is 11.9. The van der Waals surface area contributed by atoms with Crippen molar-refractivity contribution in [3.63, 3.8) is 0 Å². The number of aryl methyl sites for hydroxylation is 1.